The third-order valence-corrected chi connectivity index (χ3v) is 1.88. The number of aromatic nitrogens is 1. The van der Waals surface area contributed by atoms with Crippen molar-refractivity contribution >= 4 is 11.9 Å². The molecule has 0 aliphatic heterocycles. The molecule has 0 spiro atoms. The summed E-state index contributed by atoms with van der Waals surface area (Å²) < 4.78 is 9.37. The topological polar surface area (TPSA) is 81.4 Å². The Labute approximate surface area is 92.9 Å². The van der Waals surface area contributed by atoms with Crippen molar-refractivity contribution in [2.45, 2.75) is 26.8 Å². The van der Waals surface area contributed by atoms with Crippen LogP contribution in [0.5, 0.6) is 0 Å². The SMILES string of the molecule is COC(=O)c1c(C)noc1C(=O)NC(C)C. The molecule has 88 valence electrons. The summed E-state index contributed by atoms with van der Waals surface area (Å²) in [6.45, 7) is 5.18. The molecule has 1 aromatic rings. The zero-order valence-electron chi connectivity index (χ0n) is 9.66. The number of amides is 1. The van der Waals surface area contributed by atoms with Crippen LogP contribution in [0, 0.1) is 6.92 Å². The number of nitrogens with one attached hydrogen (secondary N) is 1. The van der Waals surface area contributed by atoms with E-state index in [-0.39, 0.29) is 17.4 Å². The van der Waals surface area contributed by atoms with Crippen LogP contribution in [0.2, 0.25) is 0 Å². The molecule has 1 rings (SSSR count). The van der Waals surface area contributed by atoms with Crippen LogP contribution in [-0.4, -0.2) is 30.2 Å². The predicted octanol–water partition coefficient (Wildman–Crippen LogP) is 0.908. The Bertz CT molecular complexity index is 409. The fraction of sp³-hybridized carbons (Fsp3) is 0.500. The summed E-state index contributed by atoms with van der Waals surface area (Å²) in [7, 11) is 1.24. The molecule has 16 heavy (non-hydrogen) atoms. The minimum Gasteiger partial charge on any atom is -0.465 e. The van der Waals surface area contributed by atoms with Gasteiger partial charge >= 0.3 is 5.97 Å². The zero-order valence-corrected chi connectivity index (χ0v) is 9.66. The zero-order chi connectivity index (χ0) is 12.3. The molecular formula is C10H14N2O4. The molecule has 0 aromatic carbocycles. The summed E-state index contributed by atoms with van der Waals surface area (Å²) in [5, 5.41) is 6.19. The first-order valence-electron chi connectivity index (χ1n) is 4.82. The number of aryl methyl sites for hydroxylation is 1. The van der Waals surface area contributed by atoms with E-state index in [1.54, 1.807) is 20.8 Å². The molecule has 0 saturated carbocycles. The number of hydrogen-bond acceptors (Lipinski definition) is 5. The molecule has 0 bridgehead atoms. The van der Waals surface area contributed by atoms with Crippen LogP contribution < -0.4 is 5.32 Å². The average Bonchev–Trinajstić information content (AvgIpc) is 2.58. The summed E-state index contributed by atoms with van der Waals surface area (Å²) in [6.07, 6.45) is 0. The monoisotopic (exact) mass is 226 g/mol. The van der Waals surface area contributed by atoms with E-state index in [0.29, 0.717) is 5.69 Å². The lowest BCUT2D eigenvalue weighted by molar-refractivity contribution is 0.0593. The van der Waals surface area contributed by atoms with Gasteiger partial charge in [0, 0.05) is 6.04 Å². The molecule has 1 N–H and O–H groups in total. The minimum atomic E-state index is -0.632. The summed E-state index contributed by atoms with van der Waals surface area (Å²) in [6, 6.07) is -0.0524. The van der Waals surface area contributed by atoms with Gasteiger partial charge in [-0.25, -0.2) is 4.79 Å². The number of rotatable bonds is 3. The number of nitrogens with zero attached hydrogens (tertiary/aromatic N) is 1. The normalized spacial score (nSPS) is 10.3. The highest BCUT2D eigenvalue weighted by atomic mass is 16.5. The fourth-order valence-corrected chi connectivity index (χ4v) is 1.19. The third kappa shape index (κ3) is 2.39. The standard InChI is InChI=1S/C10H14N2O4/c1-5(2)11-9(13)8-7(10(14)15-4)6(3)12-16-8/h5H,1-4H3,(H,11,13). The van der Waals surface area contributed by atoms with E-state index in [0.717, 1.165) is 0 Å². The van der Waals surface area contributed by atoms with Crippen molar-refractivity contribution in [1.82, 2.24) is 10.5 Å². The van der Waals surface area contributed by atoms with Gasteiger partial charge in [-0.05, 0) is 20.8 Å². The van der Waals surface area contributed by atoms with Gasteiger partial charge in [0.05, 0.1) is 12.8 Å². The van der Waals surface area contributed by atoms with Crippen LogP contribution in [-0.2, 0) is 4.74 Å². The van der Waals surface area contributed by atoms with Crippen LogP contribution in [0.3, 0.4) is 0 Å². The Morgan fingerprint density at radius 1 is 1.44 bits per heavy atom. The van der Waals surface area contributed by atoms with Crippen molar-refractivity contribution in [1.29, 1.82) is 0 Å². The highest BCUT2D eigenvalue weighted by Crippen LogP contribution is 2.14. The largest absolute Gasteiger partial charge is 0.465 e. The Morgan fingerprint density at radius 3 is 2.56 bits per heavy atom. The van der Waals surface area contributed by atoms with Crippen molar-refractivity contribution in [3.8, 4) is 0 Å². The first-order chi connectivity index (χ1) is 7.47. The van der Waals surface area contributed by atoms with E-state index in [4.69, 9.17) is 4.52 Å². The van der Waals surface area contributed by atoms with Crippen LogP contribution in [0.15, 0.2) is 4.52 Å². The van der Waals surface area contributed by atoms with Crippen LogP contribution in [0.1, 0.15) is 40.5 Å². The van der Waals surface area contributed by atoms with E-state index < -0.39 is 11.9 Å². The summed E-state index contributed by atoms with van der Waals surface area (Å²) in [5.41, 5.74) is 0.404. The highest BCUT2D eigenvalue weighted by Gasteiger charge is 2.26. The number of carbonyl (C=O) groups excluding carboxylic acids is 2. The van der Waals surface area contributed by atoms with Crippen molar-refractivity contribution in [2.24, 2.45) is 0 Å². The minimum absolute atomic E-state index is 0.0524. The lowest BCUT2D eigenvalue weighted by atomic mass is 10.2. The van der Waals surface area contributed by atoms with Crippen LogP contribution >= 0.6 is 0 Å². The lowest BCUT2D eigenvalue weighted by Crippen LogP contribution is -2.31. The molecule has 1 aromatic heterocycles. The number of carbonyl (C=O) groups is 2. The molecule has 6 heteroatoms. The second-order valence-electron chi connectivity index (χ2n) is 3.59. The number of esters is 1. The van der Waals surface area contributed by atoms with Gasteiger partial charge in [0.1, 0.15) is 5.56 Å². The molecule has 0 aliphatic rings. The Hall–Kier alpha value is -1.85. The maximum Gasteiger partial charge on any atom is 0.344 e. The van der Waals surface area contributed by atoms with E-state index in [1.807, 2.05) is 0 Å². The molecule has 6 nitrogen and oxygen atoms in total. The van der Waals surface area contributed by atoms with Crippen LogP contribution in [0.4, 0.5) is 0 Å². The van der Waals surface area contributed by atoms with E-state index >= 15 is 0 Å². The molecule has 0 fully saturated rings. The van der Waals surface area contributed by atoms with Gasteiger partial charge in [-0.2, -0.15) is 0 Å². The maximum atomic E-state index is 11.7. The fourth-order valence-electron chi connectivity index (χ4n) is 1.19. The van der Waals surface area contributed by atoms with Gasteiger partial charge in [0.2, 0.25) is 5.76 Å². The van der Waals surface area contributed by atoms with Gasteiger partial charge in [-0.1, -0.05) is 5.16 Å². The first-order valence-corrected chi connectivity index (χ1v) is 4.82. The first kappa shape index (κ1) is 12.2. The third-order valence-electron chi connectivity index (χ3n) is 1.88. The van der Waals surface area contributed by atoms with Gasteiger partial charge in [-0.15, -0.1) is 0 Å². The van der Waals surface area contributed by atoms with E-state index in [9.17, 15) is 9.59 Å². The van der Waals surface area contributed by atoms with E-state index in [2.05, 4.69) is 15.2 Å². The van der Waals surface area contributed by atoms with Gasteiger partial charge < -0.3 is 14.6 Å². The molecule has 1 heterocycles. The van der Waals surface area contributed by atoms with E-state index in [1.165, 1.54) is 7.11 Å². The van der Waals surface area contributed by atoms with Gasteiger partial charge in [-0.3, -0.25) is 4.79 Å². The van der Waals surface area contributed by atoms with Crippen LogP contribution in [0.25, 0.3) is 0 Å². The Morgan fingerprint density at radius 2 is 2.06 bits per heavy atom. The predicted molar refractivity (Wildman–Crippen MR) is 55.2 cm³/mol. The average molecular weight is 226 g/mol. The summed E-state index contributed by atoms with van der Waals surface area (Å²) >= 11 is 0. The molecule has 0 saturated heterocycles. The van der Waals surface area contributed by atoms with Crippen molar-refractivity contribution in [2.75, 3.05) is 7.11 Å². The molecule has 0 unspecified atom stereocenters. The summed E-state index contributed by atoms with van der Waals surface area (Å²) in [5.74, 6) is -1.22. The molecule has 0 atom stereocenters. The smallest absolute Gasteiger partial charge is 0.344 e. The molecule has 0 radical (unpaired) electrons. The molecule has 1 amide bonds. The number of ether oxygens (including phenoxy) is 1. The Kier molecular flexibility index (Phi) is 3.65. The second kappa shape index (κ2) is 4.78. The summed E-state index contributed by atoms with van der Waals surface area (Å²) in [4.78, 5) is 23.1. The lowest BCUT2D eigenvalue weighted by Gasteiger charge is -2.06. The maximum absolute atomic E-state index is 11.7. The van der Waals surface area contributed by atoms with Crippen molar-refractivity contribution < 1.29 is 18.8 Å². The number of methoxy groups -OCH3 is 1. The molecule has 0 aliphatic carbocycles. The quantitative estimate of drug-likeness (QED) is 0.774. The Balaban J connectivity index is 3.05. The molecular weight excluding hydrogens is 212 g/mol. The van der Waals surface area contributed by atoms with Gasteiger partial charge in [0.25, 0.3) is 5.91 Å². The van der Waals surface area contributed by atoms with Crippen molar-refractivity contribution in [3.63, 3.8) is 0 Å². The van der Waals surface area contributed by atoms with Crippen molar-refractivity contribution in [3.05, 3.63) is 17.0 Å². The second-order valence-corrected chi connectivity index (χ2v) is 3.59. The number of hydrogen-bond donors (Lipinski definition) is 1. The van der Waals surface area contributed by atoms with Gasteiger partial charge in [0.15, 0.2) is 0 Å². The highest BCUT2D eigenvalue weighted by molar-refractivity contribution is 6.04.